The standard InChI is InChI=1S/C13H25NO4Si/c1-7-10(18-19(5,6)13(2,3)4)9-8-11(12(15)16)17-14-9/h10-11H,7-8H2,1-6H3,(H,15,16). The average Bonchev–Trinajstić information content (AvgIpc) is 2.73. The van der Waals surface area contributed by atoms with Crippen LogP contribution in [0.2, 0.25) is 18.1 Å². The Kier molecular flexibility index (Phi) is 4.79. The van der Waals surface area contributed by atoms with Gasteiger partial charge in [-0.25, -0.2) is 4.79 Å². The van der Waals surface area contributed by atoms with E-state index in [9.17, 15) is 4.79 Å². The Morgan fingerprint density at radius 1 is 1.58 bits per heavy atom. The fourth-order valence-corrected chi connectivity index (χ4v) is 3.01. The summed E-state index contributed by atoms with van der Waals surface area (Å²) in [6.07, 6.45) is 0.112. The SMILES string of the molecule is CCC(O[Si](C)(C)C(C)(C)C)C1=NOC(C(=O)O)C1. The van der Waals surface area contributed by atoms with E-state index >= 15 is 0 Å². The molecule has 0 amide bonds. The van der Waals surface area contributed by atoms with Crippen molar-refractivity contribution in [2.45, 2.75) is 70.9 Å². The van der Waals surface area contributed by atoms with Gasteiger partial charge in [0.15, 0.2) is 8.32 Å². The first-order valence-corrected chi connectivity index (χ1v) is 9.62. The van der Waals surface area contributed by atoms with E-state index in [1.807, 2.05) is 6.92 Å². The number of carbonyl (C=O) groups is 1. The van der Waals surface area contributed by atoms with Crippen LogP contribution in [0.15, 0.2) is 5.16 Å². The van der Waals surface area contributed by atoms with E-state index in [1.54, 1.807) is 0 Å². The van der Waals surface area contributed by atoms with Gasteiger partial charge in [0.05, 0.1) is 11.8 Å². The second-order valence-corrected chi connectivity index (χ2v) is 11.3. The number of aliphatic carboxylic acids is 1. The van der Waals surface area contributed by atoms with Crippen LogP contribution in [0.4, 0.5) is 0 Å². The Morgan fingerprint density at radius 3 is 2.53 bits per heavy atom. The lowest BCUT2D eigenvalue weighted by molar-refractivity contribution is -0.148. The Balaban J connectivity index is 2.73. The average molecular weight is 287 g/mol. The number of carboxylic acids is 1. The lowest BCUT2D eigenvalue weighted by Gasteiger charge is -2.39. The number of nitrogens with zero attached hydrogens (tertiary/aromatic N) is 1. The zero-order valence-corrected chi connectivity index (χ0v) is 13.7. The van der Waals surface area contributed by atoms with Gasteiger partial charge in [-0.2, -0.15) is 0 Å². The number of oxime groups is 1. The molecule has 0 bridgehead atoms. The molecule has 0 radical (unpaired) electrons. The molecule has 0 saturated carbocycles. The van der Waals surface area contributed by atoms with E-state index in [4.69, 9.17) is 14.4 Å². The molecular weight excluding hydrogens is 262 g/mol. The maximum atomic E-state index is 10.9. The number of carboxylic acid groups (broad SMARTS) is 1. The Hall–Kier alpha value is -0.883. The van der Waals surface area contributed by atoms with Crippen LogP contribution in [0.5, 0.6) is 0 Å². The van der Waals surface area contributed by atoms with Gasteiger partial charge in [-0.1, -0.05) is 32.9 Å². The second kappa shape index (κ2) is 5.62. The lowest BCUT2D eigenvalue weighted by atomic mass is 10.1. The van der Waals surface area contributed by atoms with Gasteiger partial charge >= 0.3 is 5.97 Å². The van der Waals surface area contributed by atoms with Crippen LogP contribution in [-0.2, 0) is 14.1 Å². The Morgan fingerprint density at radius 2 is 2.16 bits per heavy atom. The van der Waals surface area contributed by atoms with E-state index in [1.165, 1.54) is 0 Å². The molecule has 0 fully saturated rings. The highest BCUT2D eigenvalue weighted by molar-refractivity contribution is 6.74. The van der Waals surface area contributed by atoms with Crippen molar-refractivity contribution >= 4 is 20.0 Å². The van der Waals surface area contributed by atoms with Crippen molar-refractivity contribution in [3.63, 3.8) is 0 Å². The van der Waals surface area contributed by atoms with Crippen molar-refractivity contribution in [3.05, 3.63) is 0 Å². The van der Waals surface area contributed by atoms with Gasteiger partial charge in [-0.3, -0.25) is 0 Å². The molecule has 2 atom stereocenters. The molecule has 19 heavy (non-hydrogen) atoms. The van der Waals surface area contributed by atoms with Crippen LogP contribution in [0.1, 0.15) is 40.5 Å². The highest BCUT2D eigenvalue weighted by atomic mass is 28.4. The van der Waals surface area contributed by atoms with Crippen LogP contribution in [0.3, 0.4) is 0 Å². The van der Waals surface area contributed by atoms with E-state index in [2.05, 4.69) is 39.0 Å². The zero-order valence-electron chi connectivity index (χ0n) is 12.7. The van der Waals surface area contributed by atoms with Crippen molar-refractivity contribution in [3.8, 4) is 0 Å². The predicted molar refractivity (Wildman–Crippen MR) is 76.9 cm³/mol. The molecule has 0 aromatic carbocycles. The highest BCUT2D eigenvalue weighted by Crippen LogP contribution is 2.38. The number of hydrogen-bond acceptors (Lipinski definition) is 4. The molecule has 1 heterocycles. The fraction of sp³-hybridized carbons (Fsp3) is 0.846. The maximum Gasteiger partial charge on any atom is 0.348 e. The number of rotatable bonds is 5. The fourth-order valence-electron chi connectivity index (χ4n) is 1.64. The van der Waals surface area contributed by atoms with Crippen molar-refractivity contribution in [1.29, 1.82) is 0 Å². The summed E-state index contributed by atoms with van der Waals surface area (Å²) in [5.41, 5.74) is 0.722. The smallest absolute Gasteiger partial charge is 0.348 e. The molecule has 5 nitrogen and oxygen atoms in total. The van der Waals surface area contributed by atoms with Crippen LogP contribution < -0.4 is 0 Å². The van der Waals surface area contributed by atoms with Crippen LogP contribution in [0, 0.1) is 0 Å². The molecule has 0 spiro atoms. The van der Waals surface area contributed by atoms with Crippen molar-refractivity contribution < 1.29 is 19.2 Å². The van der Waals surface area contributed by atoms with Crippen molar-refractivity contribution in [2.24, 2.45) is 5.16 Å². The summed E-state index contributed by atoms with van der Waals surface area (Å²) in [5, 5.41) is 12.9. The first-order valence-electron chi connectivity index (χ1n) is 6.71. The van der Waals surface area contributed by atoms with Gasteiger partial charge in [0.2, 0.25) is 6.10 Å². The first kappa shape index (κ1) is 16.2. The van der Waals surface area contributed by atoms with Gasteiger partial charge in [0, 0.05) is 6.42 Å². The largest absolute Gasteiger partial charge is 0.478 e. The summed E-state index contributed by atoms with van der Waals surface area (Å²) in [4.78, 5) is 15.8. The molecule has 1 N–H and O–H groups in total. The zero-order chi connectivity index (χ0) is 14.8. The molecule has 0 aromatic heterocycles. The molecule has 2 unspecified atom stereocenters. The molecule has 0 saturated heterocycles. The summed E-state index contributed by atoms with van der Waals surface area (Å²) in [7, 11) is -1.89. The highest BCUT2D eigenvalue weighted by Gasteiger charge is 2.41. The minimum Gasteiger partial charge on any atom is -0.478 e. The third-order valence-corrected chi connectivity index (χ3v) is 8.44. The predicted octanol–water partition coefficient (Wildman–Crippen LogP) is 3.02. The summed E-state index contributed by atoms with van der Waals surface area (Å²) >= 11 is 0. The Labute approximate surface area is 116 Å². The quantitative estimate of drug-likeness (QED) is 0.789. The third-order valence-electron chi connectivity index (χ3n) is 3.95. The summed E-state index contributed by atoms with van der Waals surface area (Å²) in [6, 6.07) is 0. The first-order chi connectivity index (χ1) is 8.58. The topological polar surface area (TPSA) is 68.1 Å². The molecule has 0 aromatic rings. The molecule has 110 valence electrons. The van der Waals surface area contributed by atoms with Crippen LogP contribution in [-0.4, -0.2) is 37.3 Å². The molecular formula is C13H25NO4Si. The monoisotopic (exact) mass is 287 g/mol. The summed E-state index contributed by atoms with van der Waals surface area (Å²) in [6.45, 7) is 12.9. The Bertz CT molecular complexity index is 373. The van der Waals surface area contributed by atoms with Gasteiger partial charge in [0.25, 0.3) is 0 Å². The van der Waals surface area contributed by atoms with Gasteiger partial charge in [-0.15, -0.1) is 0 Å². The molecule has 1 rings (SSSR count). The molecule has 6 heteroatoms. The van der Waals surface area contributed by atoms with E-state index in [0.29, 0.717) is 6.42 Å². The van der Waals surface area contributed by atoms with E-state index < -0.39 is 20.4 Å². The van der Waals surface area contributed by atoms with Crippen LogP contribution >= 0.6 is 0 Å². The summed E-state index contributed by atoms with van der Waals surface area (Å²) < 4.78 is 6.30. The van der Waals surface area contributed by atoms with Gasteiger partial charge in [0.1, 0.15) is 0 Å². The van der Waals surface area contributed by atoms with Gasteiger partial charge < -0.3 is 14.4 Å². The number of hydrogen-bond donors (Lipinski definition) is 1. The van der Waals surface area contributed by atoms with E-state index in [-0.39, 0.29) is 11.1 Å². The third kappa shape index (κ3) is 3.79. The second-order valence-electron chi connectivity index (χ2n) is 6.49. The van der Waals surface area contributed by atoms with Crippen molar-refractivity contribution in [1.82, 2.24) is 0 Å². The summed E-state index contributed by atoms with van der Waals surface area (Å²) in [5.74, 6) is -0.971. The minimum absolute atomic E-state index is 0.118. The molecule has 0 aliphatic carbocycles. The maximum absolute atomic E-state index is 10.9. The normalized spacial score (nSPS) is 21.8. The molecule has 1 aliphatic heterocycles. The van der Waals surface area contributed by atoms with Crippen molar-refractivity contribution in [2.75, 3.05) is 0 Å². The lowest BCUT2D eigenvalue weighted by Crippen LogP contribution is -2.45. The van der Waals surface area contributed by atoms with E-state index in [0.717, 1.165) is 12.1 Å². The van der Waals surface area contributed by atoms with Crippen LogP contribution in [0.25, 0.3) is 0 Å². The molecule has 1 aliphatic rings. The minimum atomic E-state index is -1.89. The van der Waals surface area contributed by atoms with Gasteiger partial charge in [-0.05, 0) is 24.6 Å².